The number of benzene rings is 2. The zero-order chi connectivity index (χ0) is 18.6. The Morgan fingerprint density at radius 1 is 1.15 bits per heavy atom. The van der Waals surface area contributed by atoms with Crippen LogP contribution in [0.2, 0.25) is 5.02 Å². The lowest BCUT2D eigenvalue weighted by atomic mass is 10.2. The van der Waals surface area contributed by atoms with Gasteiger partial charge in [-0.25, -0.2) is 13.1 Å². The van der Waals surface area contributed by atoms with Crippen LogP contribution in [0.25, 0.3) is 11.4 Å². The lowest BCUT2D eigenvalue weighted by Crippen LogP contribution is -2.26. The maximum atomic E-state index is 12.3. The van der Waals surface area contributed by atoms with Gasteiger partial charge in [-0.3, -0.25) is 0 Å². The highest BCUT2D eigenvalue weighted by Gasteiger charge is 2.18. The van der Waals surface area contributed by atoms with Gasteiger partial charge in [0.2, 0.25) is 21.7 Å². The predicted octanol–water partition coefficient (Wildman–Crippen LogP) is 2.92. The first-order valence-corrected chi connectivity index (χ1v) is 9.57. The average molecular weight is 394 g/mol. The zero-order valence-electron chi connectivity index (χ0n) is 13.8. The first kappa shape index (κ1) is 18.4. The van der Waals surface area contributed by atoms with E-state index < -0.39 is 10.0 Å². The predicted molar refractivity (Wildman–Crippen MR) is 96.6 cm³/mol. The maximum absolute atomic E-state index is 12.3. The molecule has 0 bridgehead atoms. The van der Waals surface area contributed by atoms with Gasteiger partial charge in [-0.1, -0.05) is 41.0 Å². The van der Waals surface area contributed by atoms with Gasteiger partial charge in [0, 0.05) is 13.0 Å². The van der Waals surface area contributed by atoms with Gasteiger partial charge in [0.1, 0.15) is 10.6 Å². The molecule has 1 heterocycles. The molecule has 0 saturated heterocycles. The van der Waals surface area contributed by atoms with Crippen LogP contribution in [-0.4, -0.2) is 32.2 Å². The molecule has 1 N–H and O–H groups in total. The molecule has 1 aromatic heterocycles. The number of aromatic nitrogens is 2. The molecule has 0 amide bonds. The normalized spacial score (nSPS) is 11.5. The van der Waals surface area contributed by atoms with Gasteiger partial charge in [0.05, 0.1) is 17.7 Å². The summed E-state index contributed by atoms with van der Waals surface area (Å²) in [5, 5.41) is 4.08. The van der Waals surface area contributed by atoms with Crippen LogP contribution in [0.4, 0.5) is 0 Å². The average Bonchev–Trinajstić information content (AvgIpc) is 3.10. The van der Waals surface area contributed by atoms with Crippen molar-refractivity contribution < 1.29 is 17.7 Å². The Morgan fingerprint density at radius 2 is 1.88 bits per heavy atom. The first-order valence-electron chi connectivity index (χ1n) is 7.71. The van der Waals surface area contributed by atoms with Crippen LogP contribution in [0, 0.1) is 0 Å². The molecule has 0 atom stereocenters. The molecule has 0 aliphatic rings. The smallest absolute Gasteiger partial charge is 0.242 e. The molecule has 7 nitrogen and oxygen atoms in total. The van der Waals surface area contributed by atoms with Crippen molar-refractivity contribution in [2.24, 2.45) is 0 Å². The Morgan fingerprint density at radius 3 is 2.65 bits per heavy atom. The van der Waals surface area contributed by atoms with E-state index in [0.29, 0.717) is 23.0 Å². The fraction of sp³-hybridized carbons (Fsp3) is 0.176. The summed E-state index contributed by atoms with van der Waals surface area (Å²) >= 11 is 5.93. The second-order valence-electron chi connectivity index (χ2n) is 5.29. The number of para-hydroxylation sites is 1. The van der Waals surface area contributed by atoms with E-state index in [0.717, 1.165) is 0 Å². The Hall–Kier alpha value is -2.42. The maximum Gasteiger partial charge on any atom is 0.242 e. The second-order valence-corrected chi connectivity index (χ2v) is 7.43. The number of nitrogens with zero attached hydrogens (tertiary/aromatic N) is 2. The van der Waals surface area contributed by atoms with Crippen molar-refractivity contribution in [2.75, 3.05) is 13.7 Å². The molecule has 3 aromatic rings. The summed E-state index contributed by atoms with van der Waals surface area (Å²) in [6, 6.07) is 13.5. The Bertz CT molecular complexity index is 1000. The minimum atomic E-state index is -3.71. The lowest BCUT2D eigenvalue weighted by molar-refractivity contribution is 0.378. The molecule has 26 heavy (non-hydrogen) atoms. The molecule has 0 fully saturated rings. The van der Waals surface area contributed by atoms with Crippen LogP contribution < -0.4 is 9.46 Å². The summed E-state index contributed by atoms with van der Waals surface area (Å²) < 4.78 is 37.5. The SMILES string of the molecule is COc1ccccc1-c1noc(CCNS(=O)(=O)c2ccccc2Cl)n1. The van der Waals surface area contributed by atoms with E-state index in [9.17, 15) is 8.42 Å². The Kier molecular flexibility index (Phi) is 5.55. The van der Waals surface area contributed by atoms with Crippen molar-refractivity contribution in [1.29, 1.82) is 0 Å². The highest BCUT2D eigenvalue weighted by Crippen LogP contribution is 2.27. The highest BCUT2D eigenvalue weighted by atomic mass is 35.5. The van der Waals surface area contributed by atoms with Gasteiger partial charge < -0.3 is 9.26 Å². The third-order valence-corrected chi connectivity index (χ3v) is 5.53. The van der Waals surface area contributed by atoms with E-state index in [2.05, 4.69) is 14.9 Å². The van der Waals surface area contributed by atoms with Crippen LogP contribution in [0.1, 0.15) is 5.89 Å². The fourth-order valence-corrected chi connectivity index (χ4v) is 3.88. The van der Waals surface area contributed by atoms with E-state index in [-0.39, 0.29) is 22.9 Å². The highest BCUT2D eigenvalue weighted by molar-refractivity contribution is 7.89. The standard InChI is InChI=1S/C17H16ClN3O4S/c1-24-14-8-4-2-6-12(14)17-20-16(25-21-17)10-11-19-26(22,23)15-9-5-3-7-13(15)18/h2-9,19H,10-11H2,1H3. The molecule has 136 valence electrons. The summed E-state index contributed by atoms with van der Waals surface area (Å²) in [6.45, 7) is 0.0983. The van der Waals surface area contributed by atoms with Crippen molar-refractivity contribution in [3.8, 4) is 17.1 Å². The van der Waals surface area contributed by atoms with Crippen LogP contribution in [0.15, 0.2) is 57.9 Å². The lowest BCUT2D eigenvalue weighted by Gasteiger charge is -2.06. The Balaban J connectivity index is 1.67. The molecular weight excluding hydrogens is 378 g/mol. The van der Waals surface area contributed by atoms with Gasteiger partial charge in [0.15, 0.2) is 0 Å². The fourth-order valence-electron chi connectivity index (χ4n) is 2.33. The van der Waals surface area contributed by atoms with Crippen molar-refractivity contribution in [3.05, 3.63) is 59.4 Å². The van der Waals surface area contributed by atoms with Crippen LogP contribution in [-0.2, 0) is 16.4 Å². The molecule has 0 aliphatic carbocycles. The number of ether oxygens (including phenoxy) is 1. The first-order chi connectivity index (χ1) is 12.5. The van der Waals surface area contributed by atoms with Gasteiger partial charge in [0.25, 0.3) is 0 Å². The third kappa shape index (κ3) is 4.04. The van der Waals surface area contributed by atoms with E-state index in [1.807, 2.05) is 18.2 Å². The van der Waals surface area contributed by atoms with Crippen LogP contribution in [0.5, 0.6) is 5.75 Å². The second kappa shape index (κ2) is 7.86. The summed E-state index contributed by atoms with van der Waals surface area (Å²) in [4.78, 5) is 4.31. The summed E-state index contributed by atoms with van der Waals surface area (Å²) in [5.74, 6) is 1.32. The number of hydrogen-bond acceptors (Lipinski definition) is 6. The molecule has 0 saturated carbocycles. The van der Waals surface area contributed by atoms with Gasteiger partial charge >= 0.3 is 0 Å². The number of methoxy groups -OCH3 is 1. The topological polar surface area (TPSA) is 94.3 Å². The van der Waals surface area contributed by atoms with E-state index in [4.69, 9.17) is 20.9 Å². The Labute approximate surface area is 156 Å². The van der Waals surface area contributed by atoms with Crippen molar-refractivity contribution in [2.45, 2.75) is 11.3 Å². The number of halogens is 1. The van der Waals surface area contributed by atoms with Crippen LogP contribution in [0.3, 0.4) is 0 Å². The van der Waals surface area contributed by atoms with E-state index in [1.165, 1.54) is 12.1 Å². The van der Waals surface area contributed by atoms with Gasteiger partial charge in [-0.05, 0) is 24.3 Å². The number of rotatable bonds is 7. The number of hydrogen-bond donors (Lipinski definition) is 1. The summed E-state index contributed by atoms with van der Waals surface area (Å²) in [6.07, 6.45) is 0.242. The monoisotopic (exact) mass is 393 g/mol. The molecule has 3 rings (SSSR count). The molecule has 0 unspecified atom stereocenters. The third-order valence-electron chi connectivity index (χ3n) is 3.57. The minimum Gasteiger partial charge on any atom is -0.496 e. The van der Waals surface area contributed by atoms with Crippen molar-refractivity contribution >= 4 is 21.6 Å². The van der Waals surface area contributed by atoms with Crippen molar-refractivity contribution in [1.82, 2.24) is 14.9 Å². The summed E-state index contributed by atoms with van der Waals surface area (Å²) in [7, 11) is -2.15. The molecule has 2 aromatic carbocycles. The van der Waals surface area contributed by atoms with E-state index in [1.54, 1.807) is 25.3 Å². The molecule has 0 spiro atoms. The van der Waals surface area contributed by atoms with Gasteiger partial charge in [-0.2, -0.15) is 4.98 Å². The molecule has 0 radical (unpaired) electrons. The number of nitrogens with one attached hydrogen (secondary N) is 1. The van der Waals surface area contributed by atoms with Gasteiger partial charge in [-0.15, -0.1) is 0 Å². The molecule has 9 heteroatoms. The quantitative estimate of drug-likeness (QED) is 0.663. The molecular formula is C17H16ClN3O4S. The van der Waals surface area contributed by atoms with Crippen molar-refractivity contribution in [3.63, 3.8) is 0 Å². The zero-order valence-corrected chi connectivity index (χ0v) is 15.4. The molecule has 0 aliphatic heterocycles. The van der Waals surface area contributed by atoms with Crippen LogP contribution >= 0.6 is 11.6 Å². The largest absolute Gasteiger partial charge is 0.496 e. The number of sulfonamides is 1. The summed E-state index contributed by atoms with van der Waals surface area (Å²) in [5.41, 5.74) is 0.696. The minimum absolute atomic E-state index is 0.0295. The van der Waals surface area contributed by atoms with E-state index >= 15 is 0 Å².